The molecule has 0 aliphatic carbocycles. The van der Waals surface area contributed by atoms with Crippen LogP contribution in [0, 0.1) is 11.3 Å². The summed E-state index contributed by atoms with van der Waals surface area (Å²) in [5.41, 5.74) is 1.82. The monoisotopic (exact) mass is 364 g/mol. The quantitative estimate of drug-likeness (QED) is 0.579. The highest BCUT2D eigenvalue weighted by Crippen LogP contribution is 2.16. The van der Waals surface area contributed by atoms with E-state index in [2.05, 4.69) is 5.32 Å². The van der Waals surface area contributed by atoms with Gasteiger partial charge < -0.3 is 15.2 Å². The summed E-state index contributed by atoms with van der Waals surface area (Å²) in [5.74, 6) is -0.748. The molecule has 0 radical (unpaired) electrons. The number of aromatic carboxylic acids is 1. The number of hydrogen-bond donors (Lipinski definition) is 2. The first kappa shape index (κ1) is 19.7. The molecular formula is C21H20N2O4. The largest absolute Gasteiger partial charge is 0.489 e. The fraction of sp³-hybridized carbons (Fsp3) is 0.190. The number of carbonyl (C=O) groups excluding carboxylic acids is 1. The highest BCUT2D eigenvalue weighted by molar-refractivity contribution is 6.01. The molecule has 6 heteroatoms. The molecule has 0 heterocycles. The van der Waals surface area contributed by atoms with Crippen LogP contribution in [0.3, 0.4) is 0 Å². The summed E-state index contributed by atoms with van der Waals surface area (Å²) >= 11 is 0. The third-order valence-electron chi connectivity index (χ3n) is 3.58. The van der Waals surface area contributed by atoms with E-state index in [9.17, 15) is 9.59 Å². The molecule has 0 aromatic heterocycles. The van der Waals surface area contributed by atoms with E-state index >= 15 is 0 Å². The van der Waals surface area contributed by atoms with Crippen LogP contribution in [0.25, 0.3) is 6.08 Å². The van der Waals surface area contributed by atoms with Gasteiger partial charge in [-0.05, 0) is 55.3 Å². The summed E-state index contributed by atoms with van der Waals surface area (Å²) in [4.78, 5) is 22.8. The molecule has 27 heavy (non-hydrogen) atoms. The lowest BCUT2D eigenvalue weighted by atomic mass is 10.1. The molecule has 138 valence electrons. The molecule has 6 nitrogen and oxygen atoms in total. The van der Waals surface area contributed by atoms with Crippen LogP contribution in [0.15, 0.2) is 54.1 Å². The molecule has 0 aliphatic rings. The van der Waals surface area contributed by atoms with Crippen molar-refractivity contribution in [2.24, 2.45) is 0 Å². The maximum atomic E-state index is 11.9. The van der Waals surface area contributed by atoms with Crippen LogP contribution in [0.5, 0.6) is 5.75 Å². The third kappa shape index (κ3) is 6.01. The van der Waals surface area contributed by atoms with E-state index in [4.69, 9.17) is 15.1 Å². The van der Waals surface area contributed by atoms with Crippen LogP contribution in [-0.4, -0.2) is 23.0 Å². The molecule has 0 unspecified atom stereocenters. The van der Waals surface area contributed by atoms with Crippen molar-refractivity contribution in [2.45, 2.75) is 26.5 Å². The average Bonchev–Trinajstić information content (AvgIpc) is 2.65. The Bertz CT molecular complexity index is 876. The van der Waals surface area contributed by atoms with Crippen LogP contribution < -0.4 is 10.1 Å². The van der Waals surface area contributed by atoms with Crippen LogP contribution in [-0.2, 0) is 11.4 Å². The van der Waals surface area contributed by atoms with Gasteiger partial charge in [0.1, 0.15) is 24.0 Å². The number of carbonyl (C=O) groups is 2. The normalized spacial score (nSPS) is 11.0. The van der Waals surface area contributed by atoms with Gasteiger partial charge in [-0.2, -0.15) is 5.26 Å². The Hall–Kier alpha value is -3.59. The summed E-state index contributed by atoms with van der Waals surface area (Å²) in [6, 6.07) is 15.3. The molecule has 0 aliphatic heterocycles. The fourth-order valence-corrected chi connectivity index (χ4v) is 2.23. The zero-order chi connectivity index (χ0) is 19.8. The molecule has 1 amide bonds. The Morgan fingerprint density at radius 2 is 1.78 bits per heavy atom. The van der Waals surface area contributed by atoms with E-state index < -0.39 is 11.9 Å². The van der Waals surface area contributed by atoms with Crippen molar-refractivity contribution in [3.8, 4) is 11.8 Å². The van der Waals surface area contributed by atoms with Gasteiger partial charge in [0.25, 0.3) is 5.91 Å². The SMILES string of the molecule is CC(C)NC(=O)/C(C#N)=C\c1ccc(OCc2ccc(C(=O)O)cc2)cc1. The number of nitrogens with one attached hydrogen (secondary N) is 1. The molecule has 2 rings (SSSR count). The second-order valence-corrected chi connectivity index (χ2v) is 6.16. The van der Waals surface area contributed by atoms with E-state index in [1.807, 2.05) is 19.9 Å². The van der Waals surface area contributed by atoms with Crippen molar-refractivity contribution in [3.63, 3.8) is 0 Å². The topological polar surface area (TPSA) is 99.4 Å². The summed E-state index contributed by atoms with van der Waals surface area (Å²) in [5, 5.41) is 20.7. The number of carboxylic acids is 1. The van der Waals surface area contributed by atoms with Crippen LogP contribution in [0.2, 0.25) is 0 Å². The van der Waals surface area contributed by atoms with E-state index in [0.29, 0.717) is 17.9 Å². The lowest BCUT2D eigenvalue weighted by molar-refractivity contribution is -0.117. The van der Waals surface area contributed by atoms with Crippen LogP contribution in [0.4, 0.5) is 0 Å². The number of benzene rings is 2. The predicted molar refractivity (Wildman–Crippen MR) is 101 cm³/mol. The number of carboxylic acid groups (broad SMARTS) is 1. The molecular weight excluding hydrogens is 344 g/mol. The Balaban J connectivity index is 2.00. The molecule has 0 saturated heterocycles. The number of hydrogen-bond acceptors (Lipinski definition) is 4. The summed E-state index contributed by atoms with van der Waals surface area (Å²) in [6.45, 7) is 3.96. The second-order valence-electron chi connectivity index (χ2n) is 6.16. The van der Waals surface area contributed by atoms with Gasteiger partial charge >= 0.3 is 5.97 Å². The second kappa shape index (κ2) is 9.20. The third-order valence-corrected chi connectivity index (χ3v) is 3.58. The molecule has 0 bridgehead atoms. The van der Waals surface area contributed by atoms with Crippen molar-refractivity contribution in [2.75, 3.05) is 0 Å². The predicted octanol–water partition coefficient (Wildman–Crippen LogP) is 3.40. The first-order valence-electron chi connectivity index (χ1n) is 8.37. The van der Waals surface area contributed by atoms with E-state index in [-0.39, 0.29) is 17.2 Å². The van der Waals surface area contributed by atoms with Gasteiger partial charge in [0, 0.05) is 6.04 Å². The average molecular weight is 364 g/mol. The zero-order valence-corrected chi connectivity index (χ0v) is 15.1. The van der Waals surface area contributed by atoms with Gasteiger partial charge in [0.05, 0.1) is 5.56 Å². The minimum atomic E-state index is -0.968. The molecule has 0 fully saturated rings. The highest BCUT2D eigenvalue weighted by atomic mass is 16.5. The Labute approximate surface area is 157 Å². The lowest BCUT2D eigenvalue weighted by Gasteiger charge is -2.08. The van der Waals surface area contributed by atoms with E-state index in [0.717, 1.165) is 5.56 Å². The zero-order valence-electron chi connectivity index (χ0n) is 15.1. The number of amides is 1. The van der Waals surface area contributed by atoms with Gasteiger partial charge in [0.15, 0.2) is 0 Å². The van der Waals surface area contributed by atoms with Crippen molar-refractivity contribution in [3.05, 3.63) is 70.8 Å². The van der Waals surface area contributed by atoms with Gasteiger partial charge in [-0.1, -0.05) is 24.3 Å². The van der Waals surface area contributed by atoms with E-state index in [1.165, 1.54) is 18.2 Å². The molecule has 2 aromatic carbocycles. The summed E-state index contributed by atoms with van der Waals surface area (Å²) < 4.78 is 5.67. The highest BCUT2D eigenvalue weighted by Gasteiger charge is 2.10. The van der Waals surface area contributed by atoms with Gasteiger partial charge in [-0.15, -0.1) is 0 Å². The first-order chi connectivity index (χ1) is 12.9. The molecule has 0 atom stereocenters. The van der Waals surface area contributed by atoms with Gasteiger partial charge in [-0.25, -0.2) is 4.79 Å². The molecule has 0 spiro atoms. The fourth-order valence-electron chi connectivity index (χ4n) is 2.23. The minimum absolute atomic E-state index is 0.0379. The van der Waals surface area contributed by atoms with Crippen molar-refractivity contribution >= 4 is 18.0 Å². The lowest BCUT2D eigenvalue weighted by Crippen LogP contribution is -2.30. The van der Waals surface area contributed by atoms with Crippen LogP contribution in [0.1, 0.15) is 35.3 Å². The number of rotatable bonds is 7. The number of ether oxygens (including phenoxy) is 1. The molecule has 2 aromatic rings. The molecule has 0 saturated carbocycles. The Kier molecular flexibility index (Phi) is 6.73. The Morgan fingerprint density at radius 3 is 2.30 bits per heavy atom. The smallest absolute Gasteiger partial charge is 0.335 e. The number of nitrogens with zero attached hydrogens (tertiary/aromatic N) is 1. The van der Waals surface area contributed by atoms with Crippen molar-refractivity contribution in [1.29, 1.82) is 5.26 Å². The maximum Gasteiger partial charge on any atom is 0.335 e. The summed E-state index contributed by atoms with van der Waals surface area (Å²) in [6.07, 6.45) is 1.52. The number of nitriles is 1. The van der Waals surface area contributed by atoms with Gasteiger partial charge in [-0.3, -0.25) is 4.79 Å². The maximum absolute atomic E-state index is 11.9. The van der Waals surface area contributed by atoms with E-state index in [1.54, 1.807) is 36.4 Å². The Morgan fingerprint density at radius 1 is 1.15 bits per heavy atom. The van der Waals surface area contributed by atoms with Crippen molar-refractivity contribution < 1.29 is 19.4 Å². The standard InChI is InChI=1S/C21H20N2O4/c1-14(2)23-20(24)18(12-22)11-15-5-9-19(10-6-15)27-13-16-3-7-17(8-4-16)21(25)26/h3-11,14H,13H2,1-2H3,(H,23,24)(H,25,26)/b18-11-. The molecule has 2 N–H and O–H groups in total. The first-order valence-corrected chi connectivity index (χ1v) is 8.37. The summed E-state index contributed by atoms with van der Waals surface area (Å²) in [7, 11) is 0. The van der Waals surface area contributed by atoms with Crippen LogP contribution >= 0.6 is 0 Å². The van der Waals surface area contributed by atoms with Gasteiger partial charge in [0.2, 0.25) is 0 Å². The minimum Gasteiger partial charge on any atom is -0.489 e. The van der Waals surface area contributed by atoms with Crippen molar-refractivity contribution in [1.82, 2.24) is 5.32 Å².